The zero-order valence-electron chi connectivity index (χ0n) is 16.2. The van der Waals surface area contributed by atoms with Gasteiger partial charge >= 0.3 is 0 Å². The number of amides is 1. The number of para-hydroxylation sites is 2. The molecule has 29 heavy (non-hydrogen) atoms. The van der Waals surface area contributed by atoms with Crippen molar-refractivity contribution in [1.82, 2.24) is 4.90 Å². The summed E-state index contributed by atoms with van der Waals surface area (Å²) >= 11 is 0. The molecule has 1 saturated heterocycles. The Kier molecular flexibility index (Phi) is 5.86. The first-order valence-corrected chi connectivity index (χ1v) is 9.86. The summed E-state index contributed by atoms with van der Waals surface area (Å²) in [4.78, 5) is 16.8. The van der Waals surface area contributed by atoms with E-state index in [2.05, 4.69) is 15.1 Å². The van der Waals surface area contributed by atoms with E-state index in [1.165, 1.54) is 11.6 Å². The predicted octanol–water partition coefficient (Wildman–Crippen LogP) is 4.40. The molecular formula is C24H24FN3O. The van der Waals surface area contributed by atoms with Gasteiger partial charge in [-0.3, -0.25) is 9.69 Å². The van der Waals surface area contributed by atoms with Crippen LogP contribution in [0.5, 0.6) is 0 Å². The minimum atomic E-state index is -0.162. The molecule has 1 amide bonds. The van der Waals surface area contributed by atoms with Gasteiger partial charge in [-0.05, 0) is 42.0 Å². The average molecular weight is 389 g/mol. The Bertz CT molecular complexity index is 951. The largest absolute Gasteiger partial charge is 0.367 e. The lowest BCUT2D eigenvalue weighted by atomic mass is 10.1. The van der Waals surface area contributed by atoms with Crippen LogP contribution in [0.25, 0.3) is 0 Å². The van der Waals surface area contributed by atoms with Gasteiger partial charge in [0, 0.05) is 44.0 Å². The molecule has 1 fully saturated rings. The molecule has 0 aliphatic carbocycles. The van der Waals surface area contributed by atoms with E-state index in [0.29, 0.717) is 11.3 Å². The van der Waals surface area contributed by atoms with Crippen LogP contribution in [0.3, 0.4) is 0 Å². The third kappa shape index (κ3) is 4.81. The molecule has 0 spiro atoms. The Hall–Kier alpha value is -3.18. The number of nitrogens with one attached hydrogen (secondary N) is 1. The maximum absolute atomic E-state index is 14.0. The van der Waals surface area contributed by atoms with Crippen molar-refractivity contribution in [2.45, 2.75) is 6.54 Å². The zero-order chi connectivity index (χ0) is 20.1. The van der Waals surface area contributed by atoms with Crippen molar-refractivity contribution in [3.05, 3.63) is 95.8 Å². The Balaban J connectivity index is 1.30. The first-order chi connectivity index (χ1) is 14.2. The monoisotopic (exact) mass is 389 g/mol. The van der Waals surface area contributed by atoms with Gasteiger partial charge in [0.1, 0.15) is 5.82 Å². The maximum atomic E-state index is 14.0. The maximum Gasteiger partial charge on any atom is 0.255 e. The van der Waals surface area contributed by atoms with E-state index in [4.69, 9.17) is 0 Å². The Morgan fingerprint density at radius 3 is 2.17 bits per heavy atom. The standard InChI is InChI=1S/C24H24FN3O/c25-22-8-4-5-9-23(22)28-16-14-27(15-17-28)18-19-10-12-20(13-11-19)24(29)26-21-6-2-1-3-7-21/h1-13H,14-18H2,(H,26,29). The van der Waals surface area contributed by atoms with Crippen molar-refractivity contribution in [1.29, 1.82) is 0 Å². The third-order valence-electron chi connectivity index (χ3n) is 5.22. The van der Waals surface area contributed by atoms with Crippen LogP contribution in [-0.4, -0.2) is 37.0 Å². The number of anilines is 2. The molecule has 0 bridgehead atoms. The van der Waals surface area contributed by atoms with Crippen LogP contribution in [0, 0.1) is 5.82 Å². The van der Waals surface area contributed by atoms with Crippen LogP contribution < -0.4 is 10.2 Å². The first kappa shape index (κ1) is 19.2. The van der Waals surface area contributed by atoms with E-state index >= 15 is 0 Å². The fourth-order valence-corrected chi connectivity index (χ4v) is 3.60. The van der Waals surface area contributed by atoms with Gasteiger partial charge in [-0.15, -0.1) is 0 Å². The molecule has 1 N–H and O–H groups in total. The number of carbonyl (C=O) groups excluding carboxylic acids is 1. The van der Waals surface area contributed by atoms with E-state index in [1.54, 1.807) is 6.07 Å². The highest BCUT2D eigenvalue weighted by Gasteiger charge is 2.19. The summed E-state index contributed by atoms with van der Waals surface area (Å²) in [5, 5.41) is 2.90. The van der Waals surface area contributed by atoms with Gasteiger partial charge in [0.25, 0.3) is 5.91 Å². The molecule has 1 aliphatic rings. The van der Waals surface area contributed by atoms with Crippen molar-refractivity contribution >= 4 is 17.3 Å². The molecule has 0 unspecified atom stereocenters. The van der Waals surface area contributed by atoms with Crippen LogP contribution in [0.4, 0.5) is 15.8 Å². The van der Waals surface area contributed by atoms with Crippen LogP contribution in [0.2, 0.25) is 0 Å². The molecule has 1 heterocycles. The van der Waals surface area contributed by atoms with Crippen LogP contribution in [0.1, 0.15) is 15.9 Å². The number of halogens is 1. The summed E-state index contributed by atoms with van der Waals surface area (Å²) in [5.74, 6) is -0.272. The number of nitrogens with zero attached hydrogens (tertiary/aromatic N) is 2. The molecule has 148 valence electrons. The van der Waals surface area contributed by atoms with Crippen molar-refractivity contribution in [3.8, 4) is 0 Å². The quantitative estimate of drug-likeness (QED) is 0.703. The van der Waals surface area contributed by atoms with Crippen LogP contribution in [0.15, 0.2) is 78.9 Å². The van der Waals surface area contributed by atoms with Crippen molar-refractivity contribution < 1.29 is 9.18 Å². The Morgan fingerprint density at radius 1 is 0.828 bits per heavy atom. The molecule has 4 rings (SSSR count). The van der Waals surface area contributed by atoms with E-state index in [-0.39, 0.29) is 11.7 Å². The van der Waals surface area contributed by atoms with Crippen molar-refractivity contribution in [3.63, 3.8) is 0 Å². The highest BCUT2D eigenvalue weighted by Crippen LogP contribution is 2.21. The van der Waals surface area contributed by atoms with E-state index in [1.807, 2.05) is 66.7 Å². The molecule has 0 saturated carbocycles. The Morgan fingerprint density at radius 2 is 1.48 bits per heavy atom. The number of rotatable bonds is 5. The summed E-state index contributed by atoms with van der Waals surface area (Å²) in [6.07, 6.45) is 0. The normalized spacial score (nSPS) is 14.6. The lowest BCUT2D eigenvalue weighted by molar-refractivity contribution is 0.102. The smallest absolute Gasteiger partial charge is 0.255 e. The highest BCUT2D eigenvalue weighted by atomic mass is 19.1. The lowest BCUT2D eigenvalue weighted by Gasteiger charge is -2.36. The topological polar surface area (TPSA) is 35.6 Å². The molecule has 3 aromatic carbocycles. The second-order valence-corrected chi connectivity index (χ2v) is 7.23. The number of piperazine rings is 1. The number of hydrogen-bond acceptors (Lipinski definition) is 3. The molecule has 1 aliphatic heterocycles. The molecule has 3 aromatic rings. The van der Waals surface area contributed by atoms with Crippen LogP contribution >= 0.6 is 0 Å². The van der Waals surface area contributed by atoms with Gasteiger partial charge in [-0.2, -0.15) is 0 Å². The number of hydrogen-bond donors (Lipinski definition) is 1. The fraction of sp³-hybridized carbons (Fsp3) is 0.208. The van der Waals surface area contributed by atoms with Gasteiger partial charge < -0.3 is 10.2 Å². The van der Waals surface area contributed by atoms with Crippen LogP contribution in [-0.2, 0) is 6.54 Å². The Labute approximate surface area is 170 Å². The van der Waals surface area contributed by atoms with Crippen molar-refractivity contribution in [2.75, 3.05) is 36.4 Å². The van der Waals surface area contributed by atoms with Gasteiger partial charge in [-0.25, -0.2) is 4.39 Å². The molecule has 0 aromatic heterocycles. The van der Waals surface area contributed by atoms with E-state index in [9.17, 15) is 9.18 Å². The van der Waals surface area contributed by atoms with E-state index < -0.39 is 0 Å². The van der Waals surface area contributed by atoms with Gasteiger partial charge in [0.05, 0.1) is 5.69 Å². The molecule has 4 nitrogen and oxygen atoms in total. The summed E-state index contributed by atoms with van der Waals surface area (Å²) < 4.78 is 14.0. The summed E-state index contributed by atoms with van der Waals surface area (Å²) in [6.45, 7) is 4.19. The first-order valence-electron chi connectivity index (χ1n) is 9.86. The average Bonchev–Trinajstić information content (AvgIpc) is 2.76. The minimum Gasteiger partial charge on any atom is -0.367 e. The SMILES string of the molecule is O=C(Nc1ccccc1)c1ccc(CN2CCN(c3ccccc3F)CC2)cc1. The highest BCUT2D eigenvalue weighted by molar-refractivity contribution is 6.04. The molecule has 0 atom stereocenters. The van der Waals surface area contributed by atoms with Crippen molar-refractivity contribution in [2.24, 2.45) is 0 Å². The second-order valence-electron chi connectivity index (χ2n) is 7.23. The summed E-state index contributed by atoms with van der Waals surface area (Å²) in [7, 11) is 0. The number of carbonyl (C=O) groups is 1. The molecule has 0 radical (unpaired) electrons. The minimum absolute atomic E-state index is 0.110. The lowest BCUT2D eigenvalue weighted by Crippen LogP contribution is -2.46. The fourth-order valence-electron chi connectivity index (χ4n) is 3.60. The predicted molar refractivity (Wildman–Crippen MR) is 115 cm³/mol. The second kappa shape index (κ2) is 8.88. The van der Waals surface area contributed by atoms with Gasteiger partial charge in [0.2, 0.25) is 0 Å². The molecular weight excluding hydrogens is 365 g/mol. The molecule has 5 heteroatoms. The van der Waals surface area contributed by atoms with Gasteiger partial charge in [-0.1, -0.05) is 42.5 Å². The summed E-state index contributed by atoms with van der Waals surface area (Å²) in [6, 6.07) is 24.1. The zero-order valence-corrected chi connectivity index (χ0v) is 16.2. The third-order valence-corrected chi connectivity index (χ3v) is 5.22. The number of benzene rings is 3. The van der Waals surface area contributed by atoms with Gasteiger partial charge in [0.15, 0.2) is 0 Å². The van der Waals surface area contributed by atoms with E-state index in [0.717, 1.165) is 38.4 Å². The summed E-state index contributed by atoms with van der Waals surface area (Å²) in [5.41, 5.74) is 3.28.